The molecule has 5 nitrogen and oxygen atoms in total. The summed E-state index contributed by atoms with van der Waals surface area (Å²) < 4.78 is 4.84. The van der Waals surface area contributed by atoms with E-state index >= 15 is 0 Å². The van der Waals surface area contributed by atoms with Gasteiger partial charge in [0.1, 0.15) is 0 Å². The highest BCUT2D eigenvalue weighted by Gasteiger charge is 2.15. The van der Waals surface area contributed by atoms with Crippen molar-refractivity contribution in [2.24, 2.45) is 5.41 Å². The van der Waals surface area contributed by atoms with Crippen LogP contribution in [0.15, 0.2) is 0 Å². The molecule has 0 aromatic heterocycles. The minimum atomic E-state index is -0.251. The number of hydrogen-bond acceptors (Lipinski definition) is 4. The van der Waals surface area contributed by atoms with E-state index in [1.807, 2.05) is 13.8 Å². The molecule has 0 saturated carbocycles. The number of nitrogens with one attached hydrogen (secondary N) is 2. The van der Waals surface area contributed by atoms with Crippen molar-refractivity contribution in [1.29, 1.82) is 5.26 Å². The number of ether oxygens (including phenoxy) is 1. The number of carbonyl (C=O) groups is 1. The van der Waals surface area contributed by atoms with Crippen LogP contribution < -0.4 is 10.6 Å². The van der Waals surface area contributed by atoms with E-state index < -0.39 is 0 Å². The van der Waals surface area contributed by atoms with Crippen LogP contribution in [0.4, 0.5) is 0 Å². The molecular weight excluding hydrogens is 230 g/mol. The summed E-state index contributed by atoms with van der Waals surface area (Å²) >= 11 is 0. The third kappa shape index (κ3) is 10.1. The van der Waals surface area contributed by atoms with Crippen LogP contribution in [0.1, 0.15) is 33.1 Å². The molecule has 104 valence electrons. The molecule has 18 heavy (non-hydrogen) atoms. The van der Waals surface area contributed by atoms with Crippen LogP contribution in [0.2, 0.25) is 0 Å². The highest BCUT2D eigenvalue weighted by atomic mass is 16.5. The maximum absolute atomic E-state index is 11.3. The first-order valence-corrected chi connectivity index (χ1v) is 6.39. The molecule has 0 spiro atoms. The summed E-state index contributed by atoms with van der Waals surface area (Å²) in [5.74, 6) is 0.0388. The first-order chi connectivity index (χ1) is 8.52. The van der Waals surface area contributed by atoms with E-state index in [2.05, 4.69) is 16.7 Å². The van der Waals surface area contributed by atoms with Crippen molar-refractivity contribution >= 4 is 5.91 Å². The summed E-state index contributed by atoms with van der Waals surface area (Å²) in [4.78, 5) is 11.3. The second-order valence-corrected chi connectivity index (χ2v) is 4.94. The fourth-order valence-corrected chi connectivity index (χ4v) is 1.42. The van der Waals surface area contributed by atoms with E-state index in [-0.39, 0.29) is 11.3 Å². The lowest BCUT2D eigenvalue weighted by Crippen LogP contribution is -2.30. The number of nitrogens with zero attached hydrogens (tertiary/aromatic N) is 1. The molecule has 0 aliphatic rings. The predicted octanol–water partition coefficient (Wildman–Crippen LogP) is 1.06. The van der Waals surface area contributed by atoms with Gasteiger partial charge in [0.2, 0.25) is 5.91 Å². The number of carbonyl (C=O) groups excluding carboxylic acids is 1. The highest BCUT2D eigenvalue weighted by Crippen LogP contribution is 2.19. The molecule has 0 heterocycles. The van der Waals surface area contributed by atoms with Crippen LogP contribution in [-0.4, -0.2) is 39.3 Å². The maximum atomic E-state index is 11.3. The number of amides is 1. The minimum absolute atomic E-state index is 0.0388. The lowest BCUT2D eigenvalue weighted by Gasteiger charge is -2.14. The zero-order chi connectivity index (χ0) is 13.9. The van der Waals surface area contributed by atoms with Crippen LogP contribution in [-0.2, 0) is 9.53 Å². The number of nitriles is 1. The molecule has 0 aliphatic carbocycles. The standard InChI is InChI=1S/C13H25N3O2/c1-13(2,11-14)6-4-7-15-8-5-12(17)16-9-10-18-3/h15H,4-10H2,1-3H3,(H,16,17). The third-order valence-electron chi connectivity index (χ3n) is 2.62. The zero-order valence-electron chi connectivity index (χ0n) is 11.7. The summed E-state index contributed by atoms with van der Waals surface area (Å²) in [5, 5.41) is 14.8. The van der Waals surface area contributed by atoms with Crippen molar-refractivity contribution in [1.82, 2.24) is 10.6 Å². The van der Waals surface area contributed by atoms with Gasteiger partial charge < -0.3 is 15.4 Å². The second-order valence-electron chi connectivity index (χ2n) is 4.94. The molecule has 0 aromatic rings. The van der Waals surface area contributed by atoms with Gasteiger partial charge >= 0.3 is 0 Å². The Bertz CT molecular complexity index is 272. The van der Waals surface area contributed by atoms with Gasteiger partial charge in [-0.05, 0) is 33.2 Å². The molecule has 2 N–H and O–H groups in total. The Morgan fingerprint density at radius 2 is 2.06 bits per heavy atom. The van der Waals surface area contributed by atoms with E-state index in [1.54, 1.807) is 7.11 Å². The van der Waals surface area contributed by atoms with Gasteiger partial charge in [0.25, 0.3) is 0 Å². The Morgan fingerprint density at radius 3 is 2.67 bits per heavy atom. The van der Waals surface area contributed by atoms with E-state index in [9.17, 15) is 4.79 Å². The molecule has 0 fully saturated rings. The van der Waals surface area contributed by atoms with E-state index in [0.29, 0.717) is 26.1 Å². The molecule has 0 saturated heterocycles. The van der Waals surface area contributed by atoms with Crippen molar-refractivity contribution in [2.75, 3.05) is 33.4 Å². The molecule has 1 amide bonds. The van der Waals surface area contributed by atoms with Crippen molar-refractivity contribution < 1.29 is 9.53 Å². The van der Waals surface area contributed by atoms with Gasteiger partial charge in [0, 0.05) is 26.6 Å². The van der Waals surface area contributed by atoms with Crippen molar-refractivity contribution in [3.8, 4) is 6.07 Å². The van der Waals surface area contributed by atoms with Crippen LogP contribution in [0.25, 0.3) is 0 Å². The Morgan fingerprint density at radius 1 is 1.33 bits per heavy atom. The molecule has 0 unspecified atom stereocenters. The smallest absolute Gasteiger partial charge is 0.221 e. The van der Waals surface area contributed by atoms with Gasteiger partial charge in [-0.15, -0.1) is 0 Å². The first-order valence-electron chi connectivity index (χ1n) is 6.39. The van der Waals surface area contributed by atoms with Gasteiger partial charge in [-0.3, -0.25) is 4.79 Å². The maximum Gasteiger partial charge on any atom is 0.221 e. The van der Waals surface area contributed by atoms with Crippen molar-refractivity contribution in [3.05, 3.63) is 0 Å². The zero-order valence-corrected chi connectivity index (χ0v) is 11.7. The van der Waals surface area contributed by atoms with Gasteiger partial charge in [-0.25, -0.2) is 0 Å². The average Bonchev–Trinajstić information content (AvgIpc) is 2.34. The number of methoxy groups -OCH3 is 1. The molecule has 0 aromatic carbocycles. The van der Waals surface area contributed by atoms with E-state index in [0.717, 1.165) is 19.4 Å². The van der Waals surface area contributed by atoms with Crippen LogP contribution >= 0.6 is 0 Å². The fourth-order valence-electron chi connectivity index (χ4n) is 1.42. The molecule has 5 heteroatoms. The quantitative estimate of drug-likeness (QED) is 0.572. The Hall–Kier alpha value is -1.12. The molecule has 0 aliphatic heterocycles. The molecule has 0 bridgehead atoms. The van der Waals surface area contributed by atoms with Gasteiger partial charge in [-0.2, -0.15) is 5.26 Å². The van der Waals surface area contributed by atoms with Gasteiger partial charge in [0.05, 0.1) is 18.1 Å². The van der Waals surface area contributed by atoms with Crippen molar-refractivity contribution in [3.63, 3.8) is 0 Å². The molecular formula is C13H25N3O2. The Labute approximate surface area is 110 Å². The SMILES string of the molecule is COCCNC(=O)CCNCCCC(C)(C)C#N. The third-order valence-corrected chi connectivity index (χ3v) is 2.62. The Balaban J connectivity index is 3.36. The predicted molar refractivity (Wildman–Crippen MR) is 71.0 cm³/mol. The fraction of sp³-hybridized carbons (Fsp3) is 0.846. The van der Waals surface area contributed by atoms with E-state index in [1.165, 1.54) is 0 Å². The lowest BCUT2D eigenvalue weighted by atomic mass is 9.90. The normalized spacial score (nSPS) is 11.0. The summed E-state index contributed by atoms with van der Waals surface area (Å²) in [6, 6.07) is 2.28. The summed E-state index contributed by atoms with van der Waals surface area (Å²) in [7, 11) is 1.61. The van der Waals surface area contributed by atoms with Crippen LogP contribution in [0.3, 0.4) is 0 Å². The highest BCUT2D eigenvalue weighted by molar-refractivity contribution is 5.75. The van der Waals surface area contributed by atoms with Gasteiger partial charge in [-0.1, -0.05) is 0 Å². The first kappa shape index (κ1) is 16.9. The largest absolute Gasteiger partial charge is 0.383 e. The topological polar surface area (TPSA) is 74.2 Å². The average molecular weight is 255 g/mol. The molecule has 0 rings (SSSR count). The second kappa shape index (κ2) is 9.86. The summed E-state index contributed by atoms with van der Waals surface area (Å²) in [5.41, 5.74) is -0.251. The van der Waals surface area contributed by atoms with Crippen LogP contribution in [0.5, 0.6) is 0 Å². The monoisotopic (exact) mass is 255 g/mol. The van der Waals surface area contributed by atoms with Gasteiger partial charge in [0.15, 0.2) is 0 Å². The minimum Gasteiger partial charge on any atom is -0.383 e. The summed E-state index contributed by atoms with van der Waals surface area (Å²) in [6.45, 7) is 6.50. The summed E-state index contributed by atoms with van der Waals surface area (Å²) in [6.07, 6.45) is 2.30. The molecule has 0 radical (unpaired) electrons. The Kier molecular flexibility index (Phi) is 9.25. The lowest BCUT2D eigenvalue weighted by molar-refractivity contribution is -0.121. The number of rotatable bonds is 10. The number of hydrogen-bond donors (Lipinski definition) is 2. The molecule has 0 atom stereocenters. The van der Waals surface area contributed by atoms with E-state index in [4.69, 9.17) is 10.00 Å². The van der Waals surface area contributed by atoms with Crippen LogP contribution in [0, 0.1) is 16.7 Å². The van der Waals surface area contributed by atoms with Crippen molar-refractivity contribution in [2.45, 2.75) is 33.1 Å².